The predicted octanol–water partition coefficient (Wildman–Crippen LogP) is 1.09. The highest BCUT2D eigenvalue weighted by Crippen LogP contribution is 2.18. The summed E-state index contributed by atoms with van der Waals surface area (Å²) in [6.45, 7) is 5.87. The van der Waals surface area contributed by atoms with Gasteiger partial charge in [0, 0.05) is 13.1 Å². The Morgan fingerprint density at radius 3 is 2.72 bits per heavy atom. The van der Waals surface area contributed by atoms with Crippen LogP contribution in [0.4, 0.5) is 0 Å². The predicted molar refractivity (Wildman–Crippen MR) is 69.3 cm³/mol. The van der Waals surface area contributed by atoms with Crippen molar-refractivity contribution in [1.82, 2.24) is 10.2 Å². The van der Waals surface area contributed by atoms with Gasteiger partial charge in [-0.25, -0.2) is 0 Å². The molecule has 1 heterocycles. The zero-order valence-electron chi connectivity index (χ0n) is 11.3. The molecule has 0 aromatic rings. The second-order valence-electron chi connectivity index (χ2n) is 4.99. The molecule has 2 N–H and O–H groups in total. The van der Waals surface area contributed by atoms with Gasteiger partial charge in [-0.15, -0.1) is 0 Å². The molecule has 1 amide bonds. The molecule has 104 valence electrons. The van der Waals surface area contributed by atoms with Crippen molar-refractivity contribution in [3.8, 4) is 0 Å². The first kappa shape index (κ1) is 15.0. The Bertz CT molecular complexity index is 294. The number of nitrogens with zero attached hydrogens (tertiary/aromatic N) is 1. The van der Waals surface area contributed by atoms with E-state index in [0.29, 0.717) is 26.1 Å². The Labute approximate surface area is 109 Å². The van der Waals surface area contributed by atoms with E-state index in [1.165, 1.54) is 0 Å². The Kier molecular flexibility index (Phi) is 6.12. The largest absolute Gasteiger partial charge is 0.481 e. The average Bonchev–Trinajstić information content (AvgIpc) is 2.83. The van der Waals surface area contributed by atoms with Gasteiger partial charge < -0.3 is 10.4 Å². The van der Waals surface area contributed by atoms with Gasteiger partial charge in [0.1, 0.15) is 0 Å². The molecule has 0 aliphatic carbocycles. The Morgan fingerprint density at radius 1 is 1.44 bits per heavy atom. The minimum atomic E-state index is -0.756. The number of likely N-dealkylation sites (tertiary alicyclic amines) is 1. The summed E-state index contributed by atoms with van der Waals surface area (Å²) in [4.78, 5) is 24.7. The molecule has 0 saturated carbocycles. The maximum atomic E-state index is 11.9. The molecule has 0 radical (unpaired) electrons. The monoisotopic (exact) mass is 256 g/mol. The summed E-state index contributed by atoms with van der Waals surface area (Å²) >= 11 is 0. The third kappa shape index (κ3) is 4.29. The smallest absolute Gasteiger partial charge is 0.307 e. The molecule has 0 aromatic carbocycles. The minimum absolute atomic E-state index is 0.0112. The fraction of sp³-hybridized carbons (Fsp3) is 0.846. The first-order chi connectivity index (χ1) is 8.56. The topological polar surface area (TPSA) is 69.6 Å². The Balaban J connectivity index is 2.29. The van der Waals surface area contributed by atoms with Gasteiger partial charge in [-0.05, 0) is 26.3 Å². The summed E-state index contributed by atoms with van der Waals surface area (Å²) < 4.78 is 0. The van der Waals surface area contributed by atoms with Crippen molar-refractivity contribution in [3.05, 3.63) is 0 Å². The van der Waals surface area contributed by atoms with Gasteiger partial charge in [-0.1, -0.05) is 19.8 Å². The Morgan fingerprint density at radius 2 is 2.17 bits per heavy atom. The number of hydrogen-bond donors (Lipinski definition) is 2. The highest BCUT2D eigenvalue weighted by molar-refractivity contribution is 5.81. The van der Waals surface area contributed by atoms with Gasteiger partial charge in [-0.2, -0.15) is 0 Å². The average molecular weight is 256 g/mol. The van der Waals surface area contributed by atoms with Crippen molar-refractivity contribution in [2.24, 2.45) is 5.92 Å². The molecular formula is C13H24N2O3. The van der Waals surface area contributed by atoms with Crippen LogP contribution in [-0.2, 0) is 9.59 Å². The van der Waals surface area contributed by atoms with Crippen LogP contribution >= 0.6 is 0 Å². The summed E-state index contributed by atoms with van der Waals surface area (Å²) in [5, 5.41) is 11.8. The lowest BCUT2D eigenvalue weighted by Crippen LogP contribution is -2.44. The quantitative estimate of drug-likeness (QED) is 0.669. The molecule has 1 saturated heterocycles. The summed E-state index contributed by atoms with van der Waals surface area (Å²) in [7, 11) is 0. The first-order valence-electron chi connectivity index (χ1n) is 6.80. The maximum Gasteiger partial charge on any atom is 0.307 e. The fourth-order valence-electron chi connectivity index (χ4n) is 2.24. The van der Waals surface area contributed by atoms with Crippen LogP contribution in [0.3, 0.4) is 0 Å². The van der Waals surface area contributed by atoms with Crippen molar-refractivity contribution in [1.29, 1.82) is 0 Å². The summed E-state index contributed by atoms with van der Waals surface area (Å²) in [5.41, 5.74) is 0. The fourth-order valence-corrected chi connectivity index (χ4v) is 2.24. The standard InChI is InChI=1S/C13H24N2O3/c1-3-4-5-7-14-12(16)10(2)15-8-6-11(9-15)13(17)18/h10-11H,3-9H2,1-2H3,(H,14,16)(H,17,18). The Hall–Kier alpha value is -1.10. The molecule has 1 aliphatic heterocycles. The van der Waals surface area contributed by atoms with Crippen molar-refractivity contribution < 1.29 is 14.7 Å². The van der Waals surface area contributed by atoms with Gasteiger partial charge >= 0.3 is 5.97 Å². The molecule has 2 atom stereocenters. The van der Waals surface area contributed by atoms with Crippen molar-refractivity contribution >= 4 is 11.9 Å². The van der Waals surface area contributed by atoms with Gasteiger partial charge in [0.25, 0.3) is 0 Å². The van der Waals surface area contributed by atoms with Crippen LogP contribution in [0.15, 0.2) is 0 Å². The SMILES string of the molecule is CCCCCNC(=O)C(C)N1CCC(C(=O)O)C1. The van der Waals surface area contributed by atoms with Crippen LogP contribution in [0.5, 0.6) is 0 Å². The van der Waals surface area contributed by atoms with E-state index in [-0.39, 0.29) is 17.9 Å². The number of nitrogens with one attached hydrogen (secondary N) is 1. The van der Waals surface area contributed by atoms with Gasteiger partial charge in [0.15, 0.2) is 0 Å². The van der Waals surface area contributed by atoms with Crippen LogP contribution in [-0.4, -0.2) is 47.6 Å². The molecule has 0 aromatic heterocycles. The summed E-state index contributed by atoms with van der Waals surface area (Å²) in [5.74, 6) is -1.06. The number of carboxylic acid groups (broad SMARTS) is 1. The maximum absolute atomic E-state index is 11.9. The van der Waals surface area contributed by atoms with Gasteiger partial charge in [0.2, 0.25) is 5.91 Å². The highest BCUT2D eigenvalue weighted by atomic mass is 16.4. The second kappa shape index (κ2) is 7.36. The van der Waals surface area contributed by atoms with Crippen LogP contribution in [0.25, 0.3) is 0 Å². The second-order valence-corrected chi connectivity index (χ2v) is 4.99. The molecule has 5 nitrogen and oxygen atoms in total. The molecular weight excluding hydrogens is 232 g/mol. The van der Waals surface area contributed by atoms with Crippen molar-refractivity contribution in [2.75, 3.05) is 19.6 Å². The number of carbonyl (C=O) groups is 2. The normalized spacial score (nSPS) is 21.8. The lowest BCUT2D eigenvalue weighted by molar-refractivity contribution is -0.141. The van der Waals surface area contributed by atoms with Crippen LogP contribution < -0.4 is 5.32 Å². The van der Waals surface area contributed by atoms with E-state index >= 15 is 0 Å². The number of amides is 1. The summed E-state index contributed by atoms with van der Waals surface area (Å²) in [6.07, 6.45) is 3.91. The highest BCUT2D eigenvalue weighted by Gasteiger charge is 2.32. The van der Waals surface area contributed by atoms with Crippen LogP contribution in [0, 0.1) is 5.92 Å². The van der Waals surface area contributed by atoms with E-state index in [2.05, 4.69) is 12.2 Å². The minimum Gasteiger partial charge on any atom is -0.481 e. The third-order valence-corrected chi connectivity index (χ3v) is 3.58. The molecule has 1 fully saturated rings. The van der Waals surface area contributed by atoms with E-state index in [1.807, 2.05) is 11.8 Å². The molecule has 0 bridgehead atoms. The van der Waals surface area contributed by atoms with Gasteiger partial charge in [-0.3, -0.25) is 14.5 Å². The number of hydrogen-bond acceptors (Lipinski definition) is 3. The van der Waals surface area contributed by atoms with Crippen LogP contribution in [0.1, 0.15) is 39.5 Å². The van der Waals surface area contributed by atoms with Crippen LogP contribution in [0.2, 0.25) is 0 Å². The number of carboxylic acids is 1. The zero-order valence-corrected chi connectivity index (χ0v) is 11.3. The summed E-state index contributed by atoms with van der Waals surface area (Å²) in [6, 6.07) is -0.226. The first-order valence-corrected chi connectivity index (χ1v) is 6.80. The molecule has 18 heavy (non-hydrogen) atoms. The lowest BCUT2D eigenvalue weighted by Gasteiger charge is -2.23. The number of unbranched alkanes of at least 4 members (excludes halogenated alkanes) is 2. The van der Waals surface area contributed by atoms with E-state index in [1.54, 1.807) is 0 Å². The molecule has 1 rings (SSSR count). The molecule has 0 spiro atoms. The molecule has 1 aliphatic rings. The third-order valence-electron chi connectivity index (χ3n) is 3.58. The number of carbonyl (C=O) groups excluding carboxylic acids is 1. The van der Waals surface area contributed by atoms with Crippen molar-refractivity contribution in [3.63, 3.8) is 0 Å². The van der Waals surface area contributed by atoms with E-state index < -0.39 is 5.97 Å². The van der Waals surface area contributed by atoms with E-state index in [9.17, 15) is 9.59 Å². The lowest BCUT2D eigenvalue weighted by atomic mass is 10.1. The van der Waals surface area contributed by atoms with E-state index in [4.69, 9.17) is 5.11 Å². The van der Waals surface area contributed by atoms with Gasteiger partial charge in [0.05, 0.1) is 12.0 Å². The van der Waals surface area contributed by atoms with E-state index in [0.717, 1.165) is 19.3 Å². The molecule has 2 unspecified atom stereocenters. The number of rotatable bonds is 7. The molecule has 5 heteroatoms. The van der Waals surface area contributed by atoms with Crippen molar-refractivity contribution in [2.45, 2.75) is 45.6 Å². The number of aliphatic carboxylic acids is 1. The zero-order chi connectivity index (χ0) is 13.5.